The lowest BCUT2D eigenvalue weighted by molar-refractivity contribution is 0.305. The number of hydrogen-bond donors (Lipinski definition) is 1. The Morgan fingerprint density at radius 1 is 1.08 bits per heavy atom. The summed E-state index contributed by atoms with van der Waals surface area (Å²) in [7, 11) is -3.17. The minimum absolute atomic E-state index is 0.171. The maximum atomic E-state index is 13.0. The van der Waals surface area contributed by atoms with E-state index in [0.29, 0.717) is 13.1 Å². The van der Waals surface area contributed by atoms with Crippen LogP contribution in [0.4, 0.5) is 0 Å². The first-order valence-electron chi connectivity index (χ1n) is 8.93. The molecule has 1 unspecified atom stereocenters. The number of nitrogens with zero attached hydrogens (tertiary/aromatic N) is 3. The number of fused-ring (bicyclic) bond motifs is 1. The lowest BCUT2D eigenvalue weighted by atomic mass is 9.95. The molecule has 0 radical (unpaired) electrons. The quantitative estimate of drug-likeness (QED) is 0.925. The minimum atomic E-state index is -3.17. The summed E-state index contributed by atoms with van der Waals surface area (Å²) in [5.74, 6) is 0.171. The molecule has 0 bridgehead atoms. The van der Waals surface area contributed by atoms with E-state index >= 15 is 0 Å². The molecule has 130 valence electrons. The second kappa shape index (κ2) is 6.44. The van der Waals surface area contributed by atoms with Crippen molar-refractivity contribution in [1.82, 2.24) is 19.5 Å². The first-order valence-corrected chi connectivity index (χ1v) is 10.4. The van der Waals surface area contributed by atoms with Gasteiger partial charge in [-0.2, -0.15) is 5.10 Å². The van der Waals surface area contributed by atoms with Crippen LogP contribution in [0.15, 0.2) is 18.3 Å². The minimum Gasteiger partial charge on any atom is -0.261 e. The number of rotatable bonds is 3. The zero-order valence-corrected chi connectivity index (χ0v) is 14.6. The molecule has 4 rings (SSSR count). The fourth-order valence-corrected chi connectivity index (χ4v) is 6.18. The van der Waals surface area contributed by atoms with Gasteiger partial charge in [0.2, 0.25) is 10.0 Å². The third-order valence-electron chi connectivity index (χ3n) is 5.46. The molecule has 2 aromatic heterocycles. The van der Waals surface area contributed by atoms with Crippen molar-refractivity contribution in [3.05, 3.63) is 24.0 Å². The monoisotopic (exact) mass is 348 g/mol. The predicted octanol–water partition coefficient (Wildman–Crippen LogP) is 2.80. The highest BCUT2D eigenvalue weighted by Gasteiger charge is 2.36. The number of nitrogens with one attached hydrogen (secondary N) is 1. The Hall–Kier alpha value is -1.47. The molecule has 0 aromatic carbocycles. The highest BCUT2D eigenvalue weighted by molar-refractivity contribution is 7.89. The Morgan fingerprint density at radius 3 is 2.75 bits per heavy atom. The lowest BCUT2D eigenvalue weighted by Gasteiger charge is -2.35. The van der Waals surface area contributed by atoms with E-state index in [2.05, 4.69) is 15.2 Å². The third kappa shape index (κ3) is 2.95. The van der Waals surface area contributed by atoms with Crippen LogP contribution >= 0.6 is 0 Å². The van der Waals surface area contributed by atoms with Gasteiger partial charge in [-0.05, 0) is 37.8 Å². The van der Waals surface area contributed by atoms with Crippen LogP contribution in [0.1, 0.15) is 56.6 Å². The van der Waals surface area contributed by atoms with Crippen molar-refractivity contribution in [3.8, 4) is 0 Å². The number of aromatic nitrogens is 3. The van der Waals surface area contributed by atoms with Crippen LogP contribution < -0.4 is 0 Å². The van der Waals surface area contributed by atoms with E-state index in [0.717, 1.165) is 55.3 Å². The van der Waals surface area contributed by atoms with Gasteiger partial charge in [0.05, 0.1) is 11.4 Å². The van der Waals surface area contributed by atoms with Gasteiger partial charge in [-0.1, -0.05) is 19.3 Å². The molecule has 0 spiro atoms. The second-order valence-electron chi connectivity index (χ2n) is 7.05. The van der Waals surface area contributed by atoms with Gasteiger partial charge in [0.1, 0.15) is 0 Å². The Balaban J connectivity index is 1.54. The SMILES string of the molecule is O=S(=O)(C1CCCCC1)N1CCCC(c2ccc3cn[nH]c3n2)C1. The van der Waals surface area contributed by atoms with E-state index in [1.807, 2.05) is 12.1 Å². The summed E-state index contributed by atoms with van der Waals surface area (Å²) < 4.78 is 27.7. The van der Waals surface area contributed by atoms with Crippen LogP contribution in [0.5, 0.6) is 0 Å². The number of sulfonamides is 1. The Bertz CT molecular complexity index is 811. The summed E-state index contributed by atoms with van der Waals surface area (Å²) >= 11 is 0. The van der Waals surface area contributed by atoms with Gasteiger partial charge in [0, 0.05) is 30.1 Å². The molecule has 2 aromatic rings. The molecular weight excluding hydrogens is 324 g/mol. The maximum Gasteiger partial charge on any atom is 0.217 e. The van der Waals surface area contributed by atoms with Gasteiger partial charge in [0.15, 0.2) is 5.65 Å². The standard InChI is InChI=1S/C17H24N4O2S/c22-24(23,15-6-2-1-3-7-15)21-10-4-5-14(12-21)16-9-8-13-11-18-20-17(13)19-16/h8-9,11,14-15H,1-7,10,12H2,(H,18,19,20). The van der Waals surface area contributed by atoms with Crippen molar-refractivity contribution in [2.75, 3.05) is 13.1 Å². The number of H-pyrrole nitrogens is 1. The number of piperidine rings is 1. The molecule has 1 N–H and O–H groups in total. The fourth-order valence-electron chi connectivity index (χ4n) is 4.06. The van der Waals surface area contributed by atoms with Gasteiger partial charge < -0.3 is 0 Å². The number of aromatic amines is 1. The second-order valence-corrected chi connectivity index (χ2v) is 9.26. The van der Waals surface area contributed by atoms with Crippen LogP contribution in [-0.4, -0.2) is 46.2 Å². The number of pyridine rings is 1. The Labute approximate surface area is 142 Å². The number of hydrogen-bond acceptors (Lipinski definition) is 4. The van der Waals surface area contributed by atoms with E-state index in [1.165, 1.54) is 6.42 Å². The summed E-state index contributed by atoms with van der Waals surface area (Å²) in [6, 6.07) is 4.02. The molecule has 1 aliphatic heterocycles. The molecule has 24 heavy (non-hydrogen) atoms. The molecule has 6 nitrogen and oxygen atoms in total. The Kier molecular flexibility index (Phi) is 4.30. The molecule has 0 amide bonds. The largest absolute Gasteiger partial charge is 0.261 e. The zero-order chi connectivity index (χ0) is 16.6. The molecule has 2 aliphatic rings. The molecule has 1 aliphatic carbocycles. The van der Waals surface area contributed by atoms with Crippen molar-refractivity contribution in [2.45, 2.75) is 56.1 Å². The van der Waals surface area contributed by atoms with Gasteiger partial charge >= 0.3 is 0 Å². The smallest absolute Gasteiger partial charge is 0.217 e. The summed E-state index contributed by atoms with van der Waals surface area (Å²) in [5.41, 5.74) is 1.75. The molecular formula is C17H24N4O2S. The van der Waals surface area contributed by atoms with Gasteiger partial charge in [-0.25, -0.2) is 17.7 Å². The van der Waals surface area contributed by atoms with Gasteiger partial charge in [-0.15, -0.1) is 0 Å². The van der Waals surface area contributed by atoms with Crippen LogP contribution in [0.2, 0.25) is 0 Å². The summed E-state index contributed by atoms with van der Waals surface area (Å²) in [5, 5.41) is 7.72. The summed E-state index contributed by atoms with van der Waals surface area (Å²) in [6.07, 6.45) is 8.54. The van der Waals surface area contributed by atoms with E-state index in [9.17, 15) is 8.42 Å². The molecule has 7 heteroatoms. The highest BCUT2D eigenvalue weighted by Crippen LogP contribution is 2.32. The summed E-state index contributed by atoms with van der Waals surface area (Å²) in [4.78, 5) is 4.65. The zero-order valence-electron chi connectivity index (χ0n) is 13.8. The first kappa shape index (κ1) is 16.0. The average Bonchev–Trinajstić information content (AvgIpc) is 3.10. The molecule has 1 atom stereocenters. The van der Waals surface area contributed by atoms with Crippen LogP contribution in [-0.2, 0) is 10.0 Å². The van der Waals surface area contributed by atoms with Crippen molar-refractivity contribution in [1.29, 1.82) is 0 Å². The van der Waals surface area contributed by atoms with Crippen molar-refractivity contribution in [3.63, 3.8) is 0 Å². The topological polar surface area (TPSA) is 79.0 Å². The van der Waals surface area contributed by atoms with Crippen LogP contribution in [0.3, 0.4) is 0 Å². The summed E-state index contributed by atoms with van der Waals surface area (Å²) in [6.45, 7) is 1.22. The van der Waals surface area contributed by atoms with E-state index in [-0.39, 0.29) is 11.2 Å². The highest BCUT2D eigenvalue weighted by atomic mass is 32.2. The van der Waals surface area contributed by atoms with E-state index < -0.39 is 10.0 Å². The molecule has 1 saturated carbocycles. The molecule has 2 fully saturated rings. The van der Waals surface area contributed by atoms with Crippen molar-refractivity contribution in [2.24, 2.45) is 0 Å². The van der Waals surface area contributed by atoms with E-state index in [4.69, 9.17) is 0 Å². The normalized spacial score (nSPS) is 24.4. The average molecular weight is 348 g/mol. The molecule has 1 saturated heterocycles. The third-order valence-corrected chi connectivity index (χ3v) is 7.82. The van der Waals surface area contributed by atoms with E-state index in [1.54, 1.807) is 10.5 Å². The first-order chi connectivity index (χ1) is 11.6. The van der Waals surface area contributed by atoms with Gasteiger partial charge in [-0.3, -0.25) is 5.10 Å². The fraction of sp³-hybridized carbons (Fsp3) is 0.647. The van der Waals surface area contributed by atoms with Crippen molar-refractivity contribution < 1.29 is 8.42 Å². The maximum absolute atomic E-state index is 13.0. The lowest BCUT2D eigenvalue weighted by Crippen LogP contribution is -2.44. The van der Waals surface area contributed by atoms with Crippen LogP contribution in [0.25, 0.3) is 11.0 Å². The molecule has 3 heterocycles. The Morgan fingerprint density at radius 2 is 1.92 bits per heavy atom. The van der Waals surface area contributed by atoms with Crippen molar-refractivity contribution >= 4 is 21.1 Å². The van der Waals surface area contributed by atoms with Gasteiger partial charge in [0.25, 0.3) is 0 Å². The predicted molar refractivity (Wildman–Crippen MR) is 93.2 cm³/mol. The van der Waals surface area contributed by atoms with Crippen LogP contribution in [0, 0.1) is 0 Å².